The third-order valence-electron chi connectivity index (χ3n) is 2.76. The Bertz CT molecular complexity index is 543. The van der Waals surface area contributed by atoms with Crippen LogP contribution in [0.3, 0.4) is 0 Å². The normalized spacial score (nSPS) is 10.8. The minimum absolute atomic E-state index is 0.657. The van der Waals surface area contributed by atoms with E-state index in [0.29, 0.717) is 5.82 Å². The first-order valence-corrected chi connectivity index (χ1v) is 5.43. The number of hydrogen-bond donors (Lipinski definition) is 1. The summed E-state index contributed by atoms with van der Waals surface area (Å²) in [5, 5.41) is 4.90. The van der Waals surface area contributed by atoms with Crippen LogP contribution < -0.4 is 5.73 Å². The molecule has 1 aromatic heterocycles. The van der Waals surface area contributed by atoms with Crippen LogP contribution in [-0.4, -0.2) is 9.78 Å². The first kappa shape index (κ1) is 11.0. The van der Waals surface area contributed by atoms with Crippen LogP contribution in [0.15, 0.2) is 18.3 Å². The molecule has 0 saturated carbocycles. The van der Waals surface area contributed by atoms with E-state index in [9.17, 15) is 0 Å². The summed E-state index contributed by atoms with van der Waals surface area (Å²) >= 11 is 6.16. The van der Waals surface area contributed by atoms with Crippen molar-refractivity contribution in [2.75, 3.05) is 5.73 Å². The standard InChI is InChI=1S/C12H14ClN3/c1-7-4-9(8(2)11(13)5-7)10-6-15-16(3)12(10)14/h4-6H,14H2,1-3H3. The number of nitrogens with two attached hydrogens (primary N) is 1. The zero-order chi connectivity index (χ0) is 11.9. The molecule has 4 heteroatoms. The highest BCUT2D eigenvalue weighted by atomic mass is 35.5. The van der Waals surface area contributed by atoms with Gasteiger partial charge in [-0.2, -0.15) is 5.10 Å². The maximum Gasteiger partial charge on any atom is 0.129 e. The summed E-state index contributed by atoms with van der Waals surface area (Å²) in [6.45, 7) is 4.00. The molecular weight excluding hydrogens is 222 g/mol. The van der Waals surface area contributed by atoms with Gasteiger partial charge in [0.15, 0.2) is 0 Å². The van der Waals surface area contributed by atoms with E-state index in [4.69, 9.17) is 17.3 Å². The van der Waals surface area contributed by atoms with Gasteiger partial charge in [0.2, 0.25) is 0 Å². The van der Waals surface area contributed by atoms with Gasteiger partial charge in [-0.1, -0.05) is 17.7 Å². The van der Waals surface area contributed by atoms with Gasteiger partial charge in [-0.25, -0.2) is 0 Å². The molecule has 1 heterocycles. The van der Waals surface area contributed by atoms with Crippen LogP contribution in [0.1, 0.15) is 11.1 Å². The van der Waals surface area contributed by atoms with Gasteiger partial charge >= 0.3 is 0 Å². The molecule has 0 aliphatic rings. The molecule has 2 aromatic rings. The second-order valence-electron chi connectivity index (χ2n) is 3.99. The van der Waals surface area contributed by atoms with E-state index >= 15 is 0 Å². The van der Waals surface area contributed by atoms with Crippen LogP contribution in [0.25, 0.3) is 11.1 Å². The van der Waals surface area contributed by atoms with Gasteiger partial charge in [0.25, 0.3) is 0 Å². The number of nitrogen functional groups attached to an aromatic ring is 1. The lowest BCUT2D eigenvalue weighted by atomic mass is 10.0. The van der Waals surface area contributed by atoms with Gasteiger partial charge in [0, 0.05) is 17.6 Å². The molecular formula is C12H14ClN3. The maximum atomic E-state index is 6.16. The molecule has 0 atom stereocenters. The molecule has 3 nitrogen and oxygen atoms in total. The number of benzene rings is 1. The van der Waals surface area contributed by atoms with Gasteiger partial charge in [-0.15, -0.1) is 0 Å². The van der Waals surface area contributed by atoms with Gasteiger partial charge in [-0.3, -0.25) is 4.68 Å². The Hall–Kier alpha value is -1.48. The fourth-order valence-corrected chi connectivity index (χ4v) is 2.02. The summed E-state index contributed by atoms with van der Waals surface area (Å²) in [6.07, 6.45) is 1.77. The largest absolute Gasteiger partial charge is 0.383 e. The molecule has 0 aliphatic heterocycles. The summed E-state index contributed by atoms with van der Waals surface area (Å²) in [7, 11) is 1.82. The van der Waals surface area contributed by atoms with Crippen molar-refractivity contribution in [3.63, 3.8) is 0 Å². The fourth-order valence-electron chi connectivity index (χ4n) is 1.75. The number of hydrogen-bond acceptors (Lipinski definition) is 2. The summed E-state index contributed by atoms with van der Waals surface area (Å²) in [6, 6.07) is 4.03. The SMILES string of the molecule is Cc1cc(Cl)c(C)c(-c2cnn(C)c2N)c1. The predicted molar refractivity (Wildman–Crippen MR) is 67.5 cm³/mol. The summed E-state index contributed by atoms with van der Waals surface area (Å²) in [4.78, 5) is 0. The van der Waals surface area contributed by atoms with Gasteiger partial charge < -0.3 is 5.73 Å². The van der Waals surface area contributed by atoms with E-state index in [2.05, 4.69) is 11.2 Å². The first-order chi connectivity index (χ1) is 7.50. The number of rotatable bonds is 1. The maximum absolute atomic E-state index is 6.16. The number of aryl methyl sites for hydroxylation is 2. The Kier molecular flexibility index (Phi) is 2.64. The predicted octanol–water partition coefficient (Wildman–Crippen LogP) is 2.94. The minimum Gasteiger partial charge on any atom is -0.383 e. The van der Waals surface area contributed by atoms with Crippen molar-refractivity contribution in [2.24, 2.45) is 7.05 Å². The molecule has 2 N–H and O–H groups in total. The topological polar surface area (TPSA) is 43.8 Å². The van der Waals surface area contributed by atoms with E-state index < -0.39 is 0 Å². The molecule has 84 valence electrons. The van der Waals surface area contributed by atoms with E-state index in [1.54, 1.807) is 10.9 Å². The van der Waals surface area contributed by atoms with E-state index in [1.165, 1.54) is 0 Å². The Morgan fingerprint density at radius 2 is 1.94 bits per heavy atom. The van der Waals surface area contributed by atoms with Crippen LogP contribution in [0, 0.1) is 13.8 Å². The molecule has 0 saturated heterocycles. The minimum atomic E-state index is 0.657. The first-order valence-electron chi connectivity index (χ1n) is 5.05. The molecule has 0 aliphatic carbocycles. The lowest BCUT2D eigenvalue weighted by Gasteiger charge is -2.08. The summed E-state index contributed by atoms with van der Waals surface area (Å²) in [5.41, 5.74) is 10.1. The average Bonchev–Trinajstić information content (AvgIpc) is 2.54. The zero-order valence-corrected chi connectivity index (χ0v) is 10.3. The molecule has 0 radical (unpaired) electrons. The summed E-state index contributed by atoms with van der Waals surface area (Å²) in [5.74, 6) is 0.657. The van der Waals surface area contributed by atoms with E-state index in [-0.39, 0.29) is 0 Å². The Morgan fingerprint density at radius 1 is 1.25 bits per heavy atom. The third kappa shape index (κ3) is 1.67. The molecule has 16 heavy (non-hydrogen) atoms. The molecule has 0 amide bonds. The Morgan fingerprint density at radius 3 is 2.50 bits per heavy atom. The van der Waals surface area contributed by atoms with E-state index in [0.717, 1.165) is 27.3 Å². The zero-order valence-electron chi connectivity index (χ0n) is 9.58. The van der Waals surface area contributed by atoms with Crippen molar-refractivity contribution >= 4 is 17.4 Å². The van der Waals surface area contributed by atoms with Gasteiger partial charge in [0.05, 0.1) is 6.20 Å². The molecule has 0 unspecified atom stereocenters. The molecule has 0 spiro atoms. The fraction of sp³-hybridized carbons (Fsp3) is 0.250. The van der Waals surface area contributed by atoms with Crippen LogP contribution in [0.5, 0.6) is 0 Å². The lowest BCUT2D eigenvalue weighted by Crippen LogP contribution is -1.98. The smallest absolute Gasteiger partial charge is 0.129 e. The number of nitrogens with zero attached hydrogens (tertiary/aromatic N) is 2. The third-order valence-corrected chi connectivity index (χ3v) is 3.16. The van der Waals surface area contributed by atoms with Crippen molar-refractivity contribution in [1.29, 1.82) is 0 Å². The number of aromatic nitrogens is 2. The second kappa shape index (κ2) is 3.83. The highest BCUT2D eigenvalue weighted by Gasteiger charge is 2.12. The average molecular weight is 236 g/mol. The monoisotopic (exact) mass is 235 g/mol. The second-order valence-corrected chi connectivity index (χ2v) is 4.39. The van der Waals surface area contributed by atoms with Gasteiger partial charge in [-0.05, 0) is 36.6 Å². The Balaban J connectivity index is 2.69. The van der Waals surface area contributed by atoms with Crippen molar-refractivity contribution in [2.45, 2.75) is 13.8 Å². The number of anilines is 1. The van der Waals surface area contributed by atoms with Crippen LogP contribution in [0.4, 0.5) is 5.82 Å². The van der Waals surface area contributed by atoms with Crippen molar-refractivity contribution in [1.82, 2.24) is 9.78 Å². The molecule has 2 rings (SSSR count). The lowest BCUT2D eigenvalue weighted by molar-refractivity contribution is 0.779. The highest BCUT2D eigenvalue weighted by molar-refractivity contribution is 6.31. The van der Waals surface area contributed by atoms with E-state index in [1.807, 2.05) is 27.0 Å². The van der Waals surface area contributed by atoms with Crippen LogP contribution in [-0.2, 0) is 7.05 Å². The van der Waals surface area contributed by atoms with Crippen molar-refractivity contribution in [3.05, 3.63) is 34.5 Å². The summed E-state index contributed by atoms with van der Waals surface area (Å²) < 4.78 is 1.66. The molecule has 0 bridgehead atoms. The van der Waals surface area contributed by atoms with Crippen LogP contribution >= 0.6 is 11.6 Å². The van der Waals surface area contributed by atoms with Crippen molar-refractivity contribution < 1.29 is 0 Å². The highest BCUT2D eigenvalue weighted by Crippen LogP contribution is 2.32. The van der Waals surface area contributed by atoms with Crippen molar-refractivity contribution in [3.8, 4) is 11.1 Å². The molecule has 1 aromatic carbocycles. The quantitative estimate of drug-likeness (QED) is 0.826. The van der Waals surface area contributed by atoms with Gasteiger partial charge in [0.1, 0.15) is 5.82 Å². The van der Waals surface area contributed by atoms with Crippen LogP contribution in [0.2, 0.25) is 5.02 Å². The Labute approximate surface area is 99.8 Å². The molecule has 0 fully saturated rings. The number of halogens is 1.